The van der Waals surface area contributed by atoms with Gasteiger partial charge < -0.3 is 14.5 Å². The van der Waals surface area contributed by atoms with Crippen LogP contribution in [0.4, 0.5) is 5.82 Å². The van der Waals surface area contributed by atoms with E-state index in [9.17, 15) is 4.79 Å². The zero-order chi connectivity index (χ0) is 18.6. The number of hydrogen-bond donors (Lipinski definition) is 0. The molecule has 0 radical (unpaired) electrons. The van der Waals surface area contributed by atoms with Crippen molar-refractivity contribution in [2.75, 3.05) is 31.2 Å². The van der Waals surface area contributed by atoms with Crippen LogP contribution in [0.25, 0.3) is 0 Å². The molecule has 1 atom stereocenters. The number of nitrogens with zero attached hydrogens (tertiary/aromatic N) is 3. The lowest BCUT2D eigenvalue weighted by molar-refractivity contribution is -0.152. The van der Waals surface area contributed by atoms with Gasteiger partial charge in [0.2, 0.25) is 5.91 Å². The monoisotopic (exact) mass is 421 g/mol. The van der Waals surface area contributed by atoms with E-state index in [-0.39, 0.29) is 37.0 Å². The molecule has 1 aromatic heterocycles. The van der Waals surface area contributed by atoms with Crippen molar-refractivity contribution in [3.63, 3.8) is 0 Å². The number of rotatable bonds is 4. The van der Waals surface area contributed by atoms with Crippen LogP contribution in [0.2, 0.25) is 5.02 Å². The van der Waals surface area contributed by atoms with E-state index in [1.807, 2.05) is 48.7 Å². The number of pyridine rings is 1. The second kappa shape index (κ2) is 9.59. The lowest BCUT2D eigenvalue weighted by atomic mass is 9.97. The normalized spacial score (nSPS) is 20.8. The predicted molar refractivity (Wildman–Crippen MR) is 113 cm³/mol. The van der Waals surface area contributed by atoms with E-state index in [0.29, 0.717) is 6.61 Å². The van der Waals surface area contributed by atoms with Crippen LogP contribution in [0, 0.1) is 0 Å². The smallest absolute Gasteiger partial charge is 0.249 e. The molecular weight excluding hydrogens is 397 g/mol. The van der Waals surface area contributed by atoms with Gasteiger partial charge in [-0.05, 0) is 49.1 Å². The molecule has 7 heteroatoms. The highest BCUT2D eigenvalue weighted by Crippen LogP contribution is 2.26. The number of carbonyl (C=O) groups is 1. The first-order valence-electron chi connectivity index (χ1n) is 9.50. The number of benzene rings is 1. The molecule has 1 amide bonds. The Hall–Kier alpha value is -1.82. The van der Waals surface area contributed by atoms with Crippen molar-refractivity contribution in [3.8, 4) is 0 Å². The summed E-state index contributed by atoms with van der Waals surface area (Å²) in [5.41, 5.74) is 1.18. The molecule has 2 aromatic rings. The number of hydrogen-bond acceptors (Lipinski definition) is 4. The number of morpholine rings is 1. The molecule has 5 nitrogen and oxygen atoms in total. The summed E-state index contributed by atoms with van der Waals surface area (Å²) >= 11 is 5.99. The summed E-state index contributed by atoms with van der Waals surface area (Å²) in [7, 11) is 0. The van der Waals surface area contributed by atoms with E-state index >= 15 is 0 Å². The first-order valence-corrected chi connectivity index (χ1v) is 9.88. The highest BCUT2D eigenvalue weighted by Gasteiger charge is 2.36. The summed E-state index contributed by atoms with van der Waals surface area (Å²) in [6, 6.07) is 14.2. The second-order valence-electron chi connectivity index (χ2n) is 7.21. The third-order valence-corrected chi connectivity index (χ3v) is 5.68. The van der Waals surface area contributed by atoms with Gasteiger partial charge in [-0.25, -0.2) is 4.98 Å². The summed E-state index contributed by atoms with van der Waals surface area (Å²) in [5.74, 6) is 1.12. The summed E-state index contributed by atoms with van der Waals surface area (Å²) < 4.78 is 5.56. The lowest BCUT2D eigenvalue weighted by Crippen LogP contribution is -2.57. The van der Waals surface area contributed by atoms with E-state index in [0.717, 1.165) is 43.2 Å². The van der Waals surface area contributed by atoms with Gasteiger partial charge in [-0.15, -0.1) is 12.4 Å². The largest absolute Gasteiger partial charge is 0.369 e. The minimum Gasteiger partial charge on any atom is -0.369 e. The average molecular weight is 422 g/mol. The molecule has 0 saturated carbocycles. The summed E-state index contributed by atoms with van der Waals surface area (Å²) in [4.78, 5) is 21.5. The van der Waals surface area contributed by atoms with Gasteiger partial charge in [-0.3, -0.25) is 4.79 Å². The molecule has 2 saturated heterocycles. The Morgan fingerprint density at radius 2 is 1.86 bits per heavy atom. The van der Waals surface area contributed by atoms with E-state index < -0.39 is 0 Å². The molecule has 2 fully saturated rings. The second-order valence-corrected chi connectivity index (χ2v) is 7.64. The Morgan fingerprint density at radius 3 is 2.54 bits per heavy atom. The summed E-state index contributed by atoms with van der Waals surface area (Å²) in [6.45, 7) is 2.62. The van der Waals surface area contributed by atoms with Crippen molar-refractivity contribution in [2.45, 2.75) is 31.3 Å². The van der Waals surface area contributed by atoms with Gasteiger partial charge in [0.1, 0.15) is 12.4 Å². The molecule has 0 spiro atoms. The number of anilines is 1. The van der Waals surface area contributed by atoms with Crippen molar-refractivity contribution in [3.05, 3.63) is 59.2 Å². The van der Waals surface area contributed by atoms with Crippen LogP contribution in [-0.4, -0.2) is 54.2 Å². The van der Waals surface area contributed by atoms with Crippen LogP contribution >= 0.6 is 24.0 Å². The average Bonchev–Trinajstić information content (AvgIpc) is 2.71. The van der Waals surface area contributed by atoms with E-state index in [2.05, 4.69) is 14.8 Å². The number of ether oxygens (including phenoxy) is 1. The minimum absolute atomic E-state index is 0. The van der Waals surface area contributed by atoms with Crippen LogP contribution in [0.15, 0.2) is 48.7 Å². The molecule has 3 heterocycles. The van der Waals surface area contributed by atoms with Crippen molar-refractivity contribution in [1.82, 2.24) is 9.88 Å². The van der Waals surface area contributed by atoms with Crippen molar-refractivity contribution >= 4 is 35.7 Å². The van der Waals surface area contributed by atoms with Crippen LogP contribution in [0.3, 0.4) is 0 Å². The third-order valence-electron chi connectivity index (χ3n) is 5.43. The van der Waals surface area contributed by atoms with Gasteiger partial charge >= 0.3 is 0 Å². The van der Waals surface area contributed by atoms with Gasteiger partial charge in [0, 0.05) is 30.4 Å². The summed E-state index contributed by atoms with van der Waals surface area (Å²) in [6.07, 6.45) is 4.54. The van der Waals surface area contributed by atoms with Crippen LogP contribution in [0.5, 0.6) is 0 Å². The summed E-state index contributed by atoms with van der Waals surface area (Å²) in [5, 5.41) is 0.730. The number of halogens is 2. The molecule has 0 bridgehead atoms. The number of carbonyl (C=O) groups excluding carboxylic acids is 1. The lowest BCUT2D eigenvalue weighted by Gasteiger charge is -2.44. The van der Waals surface area contributed by atoms with E-state index in [4.69, 9.17) is 16.3 Å². The van der Waals surface area contributed by atoms with Gasteiger partial charge in [-0.1, -0.05) is 29.8 Å². The van der Waals surface area contributed by atoms with Gasteiger partial charge in [-0.2, -0.15) is 0 Å². The number of amides is 1. The fourth-order valence-corrected chi connectivity index (χ4v) is 4.23. The zero-order valence-corrected chi connectivity index (χ0v) is 17.2. The molecule has 0 N–H and O–H groups in total. The fraction of sp³-hybridized carbons (Fsp3) is 0.429. The Bertz CT molecular complexity index is 765. The molecule has 1 aromatic carbocycles. The Labute approximate surface area is 177 Å². The van der Waals surface area contributed by atoms with Crippen LogP contribution in [0.1, 0.15) is 18.4 Å². The fourth-order valence-electron chi connectivity index (χ4n) is 4.11. The van der Waals surface area contributed by atoms with Crippen LogP contribution in [-0.2, 0) is 16.0 Å². The van der Waals surface area contributed by atoms with Crippen molar-refractivity contribution in [1.29, 1.82) is 0 Å². The van der Waals surface area contributed by atoms with Gasteiger partial charge in [0.05, 0.1) is 12.6 Å². The number of piperidine rings is 1. The maximum atomic E-state index is 12.7. The molecule has 4 rings (SSSR count). The predicted octanol–water partition coefficient (Wildman–Crippen LogP) is 3.60. The zero-order valence-electron chi connectivity index (χ0n) is 15.7. The Morgan fingerprint density at radius 1 is 1.11 bits per heavy atom. The van der Waals surface area contributed by atoms with Gasteiger partial charge in [0.25, 0.3) is 0 Å². The van der Waals surface area contributed by atoms with E-state index in [1.165, 1.54) is 5.56 Å². The highest BCUT2D eigenvalue weighted by molar-refractivity contribution is 6.30. The van der Waals surface area contributed by atoms with Crippen molar-refractivity contribution in [2.24, 2.45) is 0 Å². The first-order chi connectivity index (χ1) is 13.2. The standard InChI is InChI=1S/C21H24ClN3O2.ClH/c22-17-6-4-16(5-7-17)13-19-14-27-15-21(26)25(19)18-8-11-24(12-9-18)20-3-1-2-10-23-20;/h1-7,10,18-19H,8-9,11-15H2;1H. The Kier molecular flexibility index (Phi) is 7.16. The molecule has 0 aliphatic carbocycles. The maximum absolute atomic E-state index is 12.7. The topological polar surface area (TPSA) is 45.7 Å². The highest BCUT2D eigenvalue weighted by atomic mass is 35.5. The van der Waals surface area contributed by atoms with Gasteiger partial charge in [0.15, 0.2) is 0 Å². The minimum atomic E-state index is 0. The Balaban J connectivity index is 0.00000225. The van der Waals surface area contributed by atoms with E-state index in [1.54, 1.807) is 0 Å². The molecule has 28 heavy (non-hydrogen) atoms. The first kappa shape index (κ1) is 20.9. The maximum Gasteiger partial charge on any atom is 0.249 e. The van der Waals surface area contributed by atoms with Crippen molar-refractivity contribution < 1.29 is 9.53 Å². The number of aromatic nitrogens is 1. The quantitative estimate of drug-likeness (QED) is 0.756. The molecule has 1 unspecified atom stereocenters. The molecule has 150 valence electrons. The molecule has 2 aliphatic rings. The molecular formula is C21H25Cl2N3O2. The van der Waals surface area contributed by atoms with Crippen LogP contribution < -0.4 is 4.90 Å². The third kappa shape index (κ3) is 4.77. The molecule has 2 aliphatic heterocycles. The SMILES string of the molecule is Cl.O=C1COCC(Cc2ccc(Cl)cc2)N1C1CCN(c2ccccn2)CC1.